The zero-order valence-corrected chi connectivity index (χ0v) is 18.0. The monoisotopic (exact) mass is 389 g/mol. The molecule has 1 unspecified atom stereocenters. The van der Waals surface area contributed by atoms with Crippen LogP contribution in [-0.4, -0.2) is 35.3 Å². The Morgan fingerprint density at radius 1 is 0.931 bits per heavy atom. The quantitative estimate of drug-likeness (QED) is 0.628. The first-order valence-electron chi connectivity index (χ1n) is 10.1. The molecule has 1 aliphatic heterocycles. The lowest BCUT2D eigenvalue weighted by Gasteiger charge is -2.32. The second kappa shape index (κ2) is 7.11. The maximum atomic E-state index is 6.24. The van der Waals surface area contributed by atoms with Crippen LogP contribution in [0, 0.1) is 0 Å². The van der Waals surface area contributed by atoms with Crippen LogP contribution >= 0.6 is 0 Å². The normalized spacial score (nSPS) is 18.8. The number of rotatable bonds is 4. The minimum Gasteiger partial charge on any atom is -0.399 e. The average molecular weight is 389 g/mol. The summed E-state index contributed by atoms with van der Waals surface area (Å²) in [6.07, 6.45) is 1.63. The molecule has 150 valence electrons. The first-order chi connectivity index (χ1) is 13.7. The molecule has 1 saturated heterocycles. The Kier molecular flexibility index (Phi) is 4.87. The summed E-state index contributed by atoms with van der Waals surface area (Å²) >= 11 is 0. The van der Waals surface area contributed by atoms with Crippen molar-refractivity contribution in [2.24, 2.45) is 0 Å². The van der Waals surface area contributed by atoms with Crippen LogP contribution in [0.1, 0.15) is 46.2 Å². The Labute approximate surface area is 173 Å². The van der Waals surface area contributed by atoms with Gasteiger partial charge in [0, 0.05) is 12.4 Å². The molecule has 29 heavy (non-hydrogen) atoms. The molecule has 0 amide bonds. The van der Waals surface area contributed by atoms with E-state index in [1.807, 2.05) is 18.2 Å². The second-order valence-electron chi connectivity index (χ2n) is 8.76. The summed E-state index contributed by atoms with van der Waals surface area (Å²) in [5.74, 6) is 0.893. The third kappa shape index (κ3) is 3.51. The molecular weight excluding hydrogens is 361 g/mol. The minimum atomic E-state index is -0.408. The van der Waals surface area contributed by atoms with Crippen LogP contribution in [0.15, 0.2) is 54.9 Å². The molecule has 2 heterocycles. The summed E-state index contributed by atoms with van der Waals surface area (Å²) in [6, 6.07) is 16.8. The van der Waals surface area contributed by atoms with Crippen LogP contribution in [0.25, 0.3) is 10.9 Å². The van der Waals surface area contributed by atoms with Gasteiger partial charge in [-0.05, 0) is 57.8 Å². The fourth-order valence-corrected chi connectivity index (χ4v) is 3.61. The molecule has 6 heteroatoms. The van der Waals surface area contributed by atoms with Crippen LogP contribution in [0.5, 0.6) is 0 Å². The molecule has 0 bridgehead atoms. The van der Waals surface area contributed by atoms with Gasteiger partial charge in [-0.2, -0.15) is 0 Å². The molecule has 1 aromatic heterocycles. The van der Waals surface area contributed by atoms with Crippen molar-refractivity contribution in [3.63, 3.8) is 0 Å². The molecule has 0 spiro atoms. The van der Waals surface area contributed by atoms with Gasteiger partial charge in [-0.25, -0.2) is 9.97 Å². The van der Waals surface area contributed by atoms with E-state index in [-0.39, 0.29) is 17.2 Å². The Balaban J connectivity index is 1.72. The summed E-state index contributed by atoms with van der Waals surface area (Å²) < 4.78 is 12.5. The fraction of sp³-hybridized carbons (Fsp3) is 0.391. The summed E-state index contributed by atoms with van der Waals surface area (Å²) in [7, 11) is 1.66. The zero-order valence-electron chi connectivity index (χ0n) is 18.0. The van der Waals surface area contributed by atoms with Gasteiger partial charge in [0.2, 0.25) is 0 Å². The van der Waals surface area contributed by atoms with Gasteiger partial charge < -0.3 is 14.2 Å². The van der Waals surface area contributed by atoms with Crippen LogP contribution < -0.4 is 10.4 Å². The predicted octanol–water partition coefficient (Wildman–Crippen LogP) is 4.13. The van der Waals surface area contributed by atoms with Crippen molar-refractivity contribution < 1.29 is 9.31 Å². The number of anilines is 1. The van der Waals surface area contributed by atoms with Crippen molar-refractivity contribution in [1.29, 1.82) is 0 Å². The number of fused-ring (bicyclic) bond motifs is 1. The van der Waals surface area contributed by atoms with E-state index in [0.717, 1.165) is 22.2 Å². The van der Waals surface area contributed by atoms with Crippen molar-refractivity contribution in [1.82, 2.24) is 9.97 Å². The highest BCUT2D eigenvalue weighted by Crippen LogP contribution is 2.37. The van der Waals surface area contributed by atoms with E-state index in [4.69, 9.17) is 9.31 Å². The molecule has 5 nitrogen and oxygen atoms in total. The van der Waals surface area contributed by atoms with Gasteiger partial charge in [0.15, 0.2) is 0 Å². The number of nitrogens with zero attached hydrogens (tertiary/aromatic N) is 3. The van der Waals surface area contributed by atoms with Crippen molar-refractivity contribution in [2.75, 3.05) is 11.9 Å². The maximum absolute atomic E-state index is 6.24. The van der Waals surface area contributed by atoms with Crippen molar-refractivity contribution in [3.05, 3.63) is 60.4 Å². The topological polar surface area (TPSA) is 47.5 Å². The van der Waals surface area contributed by atoms with E-state index >= 15 is 0 Å². The van der Waals surface area contributed by atoms with Crippen molar-refractivity contribution in [2.45, 2.75) is 51.9 Å². The minimum absolute atomic E-state index is 0.176. The molecule has 1 aliphatic rings. The Morgan fingerprint density at radius 2 is 1.59 bits per heavy atom. The summed E-state index contributed by atoms with van der Waals surface area (Å²) in [6.45, 7) is 10.5. The molecule has 0 aliphatic carbocycles. The number of hydrogen-bond acceptors (Lipinski definition) is 5. The summed E-state index contributed by atoms with van der Waals surface area (Å²) in [4.78, 5) is 11.3. The molecule has 0 saturated carbocycles. The molecule has 3 aromatic rings. The summed E-state index contributed by atoms with van der Waals surface area (Å²) in [5.41, 5.74) is 2.38. The van der Waals surface area contributed by atoms with E-state index in [0.29, 0.717) is 0 Å². The van der Waals surface area contributed by atoms with Gasteiger partial charge >= 0.3 is 7.12 Å². The van der Waals surface area contributed by atoms with Gasteiger partial charge in [-0.15, -0.1) is 0 Å². The van der Waals surface area contributed by atoms with Crippen LogP contribution in [0.3, 0.4) is 0 Å². The average Bonchev–Trinajstić information content (AvgIpc) is 2.94. The lowest BCUT2D eigenvalue weighted by atomic mass is 9.78. The zero-order chi connectivity index (χ0) is 20.8. The maximum Gasteiger partial charge on any atom is 0.494 e. The third-order valence-electron chi connectivity index (χ3n) is 6.36. The molecule has 0 N–H and O–H groups in total. The van der Waals surface area contributed by atoms with Crippen LogP contribution in [-0.2, 0) is 9.31 Å². The Hall–Kier alpha value is -2.44. The first-order valence-corrected chi connectivity index (χ1v) is 10.1. The SMILES string of the molecule is CC(c1ccccc1)N(C)c1ncnc2ccc(B3OC(C)(C)C(C)(C)O3)cc12. The van der Waals surface area contributed by atoms with Gasteiger partial charge in [0.1, 0.15) is 12.1 Å². The lowest BCUT2D eigenvalue weighted by molar-refractivity contribution is 0.00578. The molecule has 2 aromatic carbocycles. The predicted molar refractivity (Wildman–Crippen MR) is 119 cm³/mol. The van der Waals surface area contributed by atoms with Gasteiger partial charge in [0.05, 0.1) is 22.8 Å². The Bertz CT molecular complexity index is 1010. The number of hydrogen-bond donors (Lipinski definition) is 0. The third-order valence-corrected chi connectivity index (χ3v) is 6.36. The van der Waals surface area contributed by atoms with Gasteiger partial charge in [-0.1, -0.05) is 36.4 Å². The largest absolute Gasteiger partial charge is 0.494 e. The molecule has 0 radical (unpaired) electrons. The van der Waals surface area contributed by atoms with E-state index in [1.165, 1.54) is 5.56 Å². The molecule has 1 fully saturated rings. The summed E-state index contributed by atoms with van der Waals surface area (Å²) in [5, 5.41) is 0.991. The lowest BCUT2D eigenvalue weighted by Crippen LogP contribution is -2.41. The van der Waals surface area contributed by atoms with E-state index in [1.54, 1.807) is 6.33 Å². The number of aromatic nitrogens is 2. The molecule has 1 atom stereocenters. The fourth-order valence-electron chi connectivity index (χ4n) is 3.61. The number of benzene rings is 2. The highest BCUT2D eigenvalue weighted by atomic mass is 16.7. The highest BCUT2D eigenvalue weighted by molar-refractivity contribution is 6.62. The standard InChI is InChI=1S/C23H28BN3O2/c1-16(17-10-8-7-9-11-17)27(6)21-19-14-18(12-13-20(19)25-15-26-21)24-28-22(2,3)23(4,5)29-24/h7-16H,1-6H3. The highest BCUT2D eigenvalue weighted by Gasteiger charge is 2.51. The van der Waals surface area contributed by atoms with Crippen LogP contribution in [0.4, 0.5) is 5.82 Å². The molecule has 4 rings (SSSR count). The van der Waals surface area contributed by atoms with E-state index < -0.39 is 7.12 Å². The Morgan fingerprint density at radius 3 is 2.24 bits per heavy atom. The van der Waals surface area contributed by atoms with Crippen molar-refractivity contribution >= 4 is 29.3 Å². The van der Waals surface area contributed by atoms with Crippen molar-refractivity contribution in [3.8, 4) is 0 Å². The second-order valence-corrected chi connectivity index (χ2v) is 8.76. The smallest absolute Gasteiger partial charge is 0.399 e. The molecular formula is C23H28BN3O2. The van der Waals surface area contributed by atoms with E-state index in [2.05, 4.69) is 86.9 Å². The van der Waals surface area contributed by atoms with Gasteiger partial charge in [0.25, 0.3) is 0 Å². The van der Waals surface area contributed by atoms with E-state index in [9.17, 15) is 0 Å². The van der Waals surface area contributed by atoms with Gasteiger partial charge in [-0.3, -0.25) is 0 Å². The first kappa shape index (κ1) is 19.9. The van der Waals surface area contributed by atoms with Crippen LogP contribution in [0.2, 0.25) is 0 Å².